The first-order chi connectivity index (χ1) is 8.28. The number of carbonyl (C=O) groups excluding carboxylic acids is 2. The van der Waals surface area contributed by atoms with E-state index in [4.69, 9.17) is 0 Å². The SMILES string of the molecule is CC(C)(C)NC(=O)CC(=O)Nc1ccccc1O. The minimum Gasteiger partial charge on any atom is -0.506 e. The van der Waals surface area contributed by atoms with Gasteiger partial charge in [-0.1, -0.05) is 12.1 Å². The summed E-state index contributed by atoms with van der Waals surface area (Å²) in [5.41, 5.74) is -0.0715. The molecule has 0 aromatic heterocycles. The molecule has 3 N–H and O–H groups in total. The van der Waals surface area contributed by atoms with Gasteiger partial charge in [0.05, 0.1) is 5.69 Å². The van der Waals surface area contributed by atoms with Crippen molar-refractivity contribution in [2.75, 3.05) is 5.32 Å². The molecular formula is C13H18N2O3. The first kappa shape index (κ1) is 14.0. The number of anilines is 1. The quantitative estimate of drug-likeness (QED) is 0.563. The maximum absolute atomic E-state index is 11.6. The number of phenolic OH excluding ortho intramolecular Hbond substituents is 1. The van der Waals surface area contributed by atoms with Crippen molar-refractivity contribution in [3.8, 4) is 5.75 Å². The van der Waals surface area contributed by atoms with E-state index < -0.39 is 5.91 Å². The molecule has 1 aromatic carbocycles. The fourth-order valence-electron chi connectivity index (χ4n) is 1.38. The molecule has 0 aliphatic rings. The molecule has 0 atom stereocenters. The number of nitrogens with one attached hydrogen (secondary N) is 2. The highest BCUT2D eigenvalue weighted by Gasteiger charge is 2.16. The van der Waals surface area contributed by atoms with Gasteiger partial charge in [0.15, 0.2) is 0 Å². The minimum atomic E-state index is -0.460. The molecule has 5 heteroatoms. The van der Waals surface area contributed by atoms with Gasteiger partial charge in [-0.25, -0.2) is 0 Å². The van der Waals surface area contributed by atoms with Crippen molar-refractivity contribution in [1.82, 2.24) is 5.32 Å². The smallest absolute Gasteiger partial charge is 0.233 e. The largest absolute Gasteiger partial charge is 0.506 e. The van der Waals surface area contributed by atoms with Crippen molar-refractivity contribution >= 4 is 17.5 Å². The molecule has 18 heavy (non-hydrogen) atoms. The predicted molar refractivity (Wildman–Crippen MR) is 69.2 cm³/mol. The Morgan fingerprint density at radius 3 is 2.33 bits per heavy atom. The summed E-state index contributed by atoms with van der Waals surface area (Å²) in [6.45, 7) is 5.52. The Morgan fingerprint density at radius 1 is 1.17 bits per heavy atom. The number of rotatable bonds is 3. The van der Waals surface area contributed by atoms with Crippen LogP contribution in [0.3, 0.4) is 0 Å². The topological polar surface area (TPSA) is 78.4 Å². The summed E-state index contributed by atoms with van der Waals surface area (Å²) in [6.07, 6.45) is -0.272. The molecule has 0 aliphatic heterocycles. The second-order valence-corrected chi connectivity index (χ2v) is 5.04. The van der Waals surface area contributed by atoms with Gasteiger partial charge in [-0.15, -0.1) is 0 Å². The molecule has 0 fully saturated rings. The Balaban J connectivity index is 2.53. The number of hydrogen-bond acceptors (Lipinski definition) is 3. The Hall–Kier alpha value is -2.04. The van der Waals surface area contributed by atoms with Gasteiger partial charge in [-0.3, -0.25) is 9.59 Å². The van der Waals surface area contributed by atoms with Gasteiger partial charge in [-0.2, -0.15) is 0 Å². The van der Waals surface area contributed by atoms with E-state index in [0.29, 0.717) is 5.69 Å². The van der Waals surface area contributed by atoms with Gasteiger partial charge in [0.25, 0.3) is 0 Å². The van der Waals surface area contributed by atoms with Crippen LogP contribution in [0.15, 0.2) is 24.3 Å². The van der Waals surface area contributed by atoms with Gasteiger partial charge in [0.1, 0.15) is 12.2 Å². The van der Waals surface area contributed by atoms with Crippen LogP contribution in [-0.2, 0) is 9.59 Å². The fraction of sp³-hybridized carbons (Fsp3) is 0.385. The van der Waals surface area contributed by atoms with Crippen LogP contribution >= 0.6 is 0 Å². The first-order valence-corrected chi connectivity index (χ1v) is 5.67. The molecule has 0 unspecified atom stereocenters. The molecule has 0 spiro atoms. The number of hydrogen-bond donors (Lipinski definition) is 3. The highest BCUT2D eigenvalue weighted by atomic mass is 16.3. The maximum atomic E-state index is 11.6. The molecule has 5 nitrogen and oxygen atoms in total. The lowest BCUT2D eigenvalue weighted by atomic mass is 10.1. The lowest BCUT2D eigenvalue weighted by Crippen LogP contribution is -2.41. The Kier molecular flexibility index (Phi) is 4.31. The molecule has 2 amide bonds. The summed E-state index contributed by atoms with van der Waals surface area (Å²) in [6, 6.07) is 6.36. The van der Waals surface area contributed by atoms with Crippen molar-refractivity contribution in [2.24, 2.45) is 0 Å². The number of phenols is 1. The summed E-state index contributed by atoms with van der Waals surface area (Å²) in [7, 11) is 0. The van der Waals surface area contributed by atoms with Gasteiger partial charge >= 0.3 is 0 Å². The molecule has 0 heterocycles. The number of aromatic hydroxyl groups is 1. The Bertz CT molecular complexity index is 450. The molecule has 0 saturated heterocycles. The Morgan fingerprint density at radius 2 is 1.78 bits per heavy atom. The van der Waals surface area contributed by atoms with E-state index >= 15 is 0 Å². The van der Waals surface area contributed by atoms with E-state index in [1.807, 2.05) is 20.8 Å². The van der Waals surface area contributed by atoms with E-state index in [-0.39, 0.29) is 23.6 Å². The number of benzene rings is 1. The maximum Gasteiger partial charge on any atom is 0.233 e. The van der Waals surface area contributed by atoms with E-state index in [1.165, 1.54) is 6.07 Å². The van der Waals surface area contributed by atoms with Gasteiger partial charge < -0.3 is 15.7 Å². The summed E-state index contributed by atoms with van der Waals surface area (Å²) in [4.78, 5) is 23.1. The van der Waals surface area contributed by atoms with Crippen LogP contribution in [-0.4, -0.2) is 22.5 Å². The Labute approximate surface area is 106 Å². The average molecular weight is 250 g/mol. The predicted octanol–water partition coefficient (Wildman–Crippen LogP) is 1.64. The first-order valence-electron chi connectivity index (χ1n) is 5.67. The molecule has 0 radical (unpaired) electrons. The van der Waals surface area contributed by atoms with E-state index in [2.05, 4.69) is 10.6 Å². The molecule has 0 bridgehead atoms. The zero-order chi connectivity index (χ0) is 13.8. The molecule has 1 rings (SSSR count). The molecular weight excluding hydrogens is 232 g/mol. The number of carbonyl (C=O) groups is 2. The monoisotopic (exact) mass is 250 g/mol. The molecule has 0 aliphatic carbocycles. The third kappa shape index (κ3) is 4.86. The zero-order valence-electron chi connectivity index (χ0n) is 10.8. The van der Waals surface area contributed by atoms with Gasteiger partial charge in [0, 0.05) is 5.54 Å². The van der Waals surface area contributed by atoms with Crippen molar-refractivity contribution in [1.29, 1.82) is 0 Å². The normalized spacial score (nSPS) is 10.8. The molecule has 0 saturated carbocycles. The van der Waals surface area contributed by atoms with Crippen molar-refractivity contribution in [2.45, 2.75) is 32.7 Å². The van der Waals surface area contributed by atoms with Crippen LogP contribution < -0.4 is 10.6 Å². The van der Waals surface area contributed by atoms with Crippen LogP contribution in [0.5, 0.6) is 5.75 Å². The number of para-hydroxylation sites is 2. The van der Waals surface area contributed by atoms with Crippen LogP contribution in [0.1, 0.15) is 27.2 Å². The van der Waals surface area contributed by atoms with Crippen LogP contribution in [0, 0.1) is 0 Å². The lowest BCUT2D eigenvalue weighted by molar-refractivity contribution is -0.127. The van der Waals surface area contributed by atoms with Crippen molar-refractivity contribution in [3.63, 3.8) is 0 Å². The van der Waals surface area contributed by atoms with Gasteiger partial charge in [-0.05, 0) is 32.9 Å². The zero-order valence-corrected chi connectivity index (χ0v) is 10.8. The standard InChI is InChI=1S/C13H18N2O3/c1-13(2,3)15-12(18)8-11(17)14-9-6-4-5-7-10(9)16/h4-7,16H,8H2,1-3H3,(H,14,17)(H,15,18). The molecule has 1 aromatic rings. The third-order valence-corrected chi connectivity index (χ3v) is 2.01. The second-order valence-electron chi connectivity index (χ2n) is 5.04. The van der Waals surface area contributed by atoms with Crippen molar-refractivity contribution < 1.29 is 14.7 Å². The van der Waals surface area contributed by atoms with Gasteiger partial charge in [0.2, 0.25) is 11.8 Å². The van der Waals surface area contributed by atoms with Crippen LogP contribution in [0.25, 0.3) is 0 Å². The van der Waals surface area contributed by atoms with Crippen LogP contribution in [0.4, 0.5) is 5.69 Å². The van der Waals surface area contributed by atoms with Crippen LogP contribution in [0.2, 0.25) is 0 Å². The summed E-state index contributed by atoms with van der Waals surface area (Å²) >= 11 is 0. The average Bonchev–Trinajstić information content (AvgIpc) is 2.18. The highest BCUT2D eigenvalue weighted by molar-refractivity contribution is 6.04. The van der Waals surface area contributed by atoms with E-state index in [0.717, 1.165) is 0 Å². The molecule has 98 valence electrons. The highest BCUT2D eigenvalue weighted by Crippen LogP contribution is 2.21. The minimum absolute atomic E-state index is 0.0259. The lowest BCUT2D eigenvalue weighted by Gasteiger charge is -2.20. The van der Waals surface area contributed by atoms with E-state index in [9.17, 15) is 14.7 Å². The number of amides is 2. The van der Waals surface area contributed by atoms with Crippen molar-refractivity contribution in [3.05, 3.63) is 24.3 Å². The second kappa shape index (κ2) is 5.53. The van der Waals surface area contributed by atoms with E-state index in [1.54, 1.807) is 18.2 Å². The summed E-state index contributed by atoms with van der Waals surface area (Å²) < 4.78 is 0. The fourth-order valence-corrected chi connectivity index (χ4v) is 1.38. The summed E-state index contributed by atoms with van der Waals surface area (Å²) in [5, 5.41) is 14.6. The summed E-state index contributed by atoms with van der Waals surface area (Å²) in [5.74, 6) is -0.837. The third-order valence-electron chi connectivity index (χ3n) is 2.01.